The van der Waals surface area contributed by atoms with Gasteiger partial charge in [-0.3, -0.25) is 0 Å². The van der Waals surface area contributed by atoms with Crippen molar-refractivity contribution >= 4 is 17.1 Å². The Morgan fingerprint density at radius 2 is 0.762 bits per heavy atom. The highest BCUT2D eigenvalue weighted by molar-refractivity contribution is 5.97. The fourth-order valence-corrected chi connectivity index (χ4v) is 10.2. The molecule has 0 atom stereocenters. The van der Waals surface area contributed by atoms with Crippen LogP contribution in [0.2, 0.25) is 0 Å². The first kappa shape index (κ1) is 36.6. The van der Waals surface area contributed by atoms with Gasteiger partial charge in [0.2, 0.25) is 0 Å². The van der Waals surface area contributed by atoms with Gasteiger partial charge in [0.05, 0.1) is 11.1 Å². The van der Waals surface area contributed by atoms with Gasteiger partial charge in [-0.1, -0.05) is 200 Å². The zero-order valence-corrected chi connectivity index (χ0v) is 34.5. The minimum Gasteiger partial charge on any atom is -0.457 e. The van der Waals surface area contributed by atoms with E-state index >= 15 is 0 Å². The number of ether oxygens (including phenoxy) is 1. The molecule has 10 aromatic carbocycles. The summed E-state index contributed by atoms with van der Waals surface area (Å²) < 4.78 is 7.00. The first-order valence-electron chi connectivity index (χ1n) is 21.7. The zero-order chi connectivity index (χ0) is 41.7. The number of para-hydroxylation sites is 2. The summed E-state index contributed by atoms with van der Waals surface area (Å²) in [4.78, 5) is 2.40. The summed E-state index contributed by atoms with van der Waals surface area (Å²) in [5.74, 6) is 1.76. The number of hydrogen-bond donors (Lipinski definition) is 0. The average Bonchev–Trinajstić information content (AvgIpc) is 3.65. The number of hydrogen-bond acceptors (Lipinski definition) is 2. The van der Waals surface area contributed by atoms with Crippen LogP contribution in [0, 0.1) is 0 Å². The van der Waals surface area contributed by atoms with Gasteiger partial charge in [0.15, 0.2) is 0 Å². The minimum absolute atomic E-state index is 0.517. The van der Waals surface area contributed by atoms with E-state index in [0.717, 1.165) is 67.5 Å². The smallest absolute Gasteiger partial charge is 0.132 e. The summed E-state index contributed by atoms with van der Waals surface area (Å²) in [6, 6.07) is 90.0. The van der Waals surface area contributed by atoms with Gasteiger partial charge in [0.1, 0.15) is 11.5 Å². The molecule has 2 aliphatic rings. The van der Waals surface area contributed by atoms with Gasteiger partial charge in [-0.25, -0.2) is 0 Å². The maximum Gasteiger partial charge on any atom is 0.132 e. The number of anilines is 3. The lowest BCUT2D eigenvalue weighted by Gasteiger charge is -2.39. The second kappa shape index (κ2) is 15.1. The van der Waals surface area contributed by atoms with Crippen molar-refractivity contribution < 1.29 is 4.74 Å². The third-order valence-corrected chi connectivity index (χ3v) is 12.9. The van der Waals surface area contributed by atoms with Crippen molar-refractivity contribution in [2.75, 3.05) is 4.90 Å². The van der Waals surface area contributed by atoms with Crippen LogP contribution < -0.4 is 9.64 Å². The van der Waals surface area contributed by atoms with E-state index in [-0.39, 0.29) is 0 Å². The van der Waals surface area contributed by atoms with E-state index in [2.05, 4.69) is 254 Å². The Balaban J connectivity index is 1.07. The molecule has 0 fully saturated rings. The summed E-state index contributed by atoms with van der Waals surface area (Å²) in [6.45, 7) is 0. The summed E-state index contributed by atoms with van der Waals surface area (Å²) in [6.07, 6.45) is 0. The molecular weight excluding hydrogens is 763 g/mol. The van der Waals surface area contributed by atoms with Crippen LogP contribution in [0.25, 0.3) is 55.6 Å². The number of benzene rings is 10. The first-order chi connectivity index (χ1) is 31.3. The highest BCUT2D eigenvalue weighted by Gasteiger charge is 2.50. The fraction of sp³-hybridized carbons (Fsp3) is 0.0164. The van der Waals surface area contributed by atoms with Crippen molar-refractivity contribution in [3.63, 3.8) is 0 Å². The Labute approximate surface area is 368 Å². The second-order valence-electron chi connectivity index (χ2n) is 16.4. The molecule has 1 spiro atoms. The summed E-state index contributed by atoms with van der Waals surface area (Å²) in [7, 11) is 0. The lowest BCUT2D eigenvalue weighted by Crippen LogP contribution is -2.32. The van der Waals surface area contributed by atoms with E-state index in [1.807, 2.05) is 0 Å². The largest absolute Gasteiger partial charge is 0.457 e. The molecule has 1 heterocycles. The van der Waals surface area contributed by atoms with E-state index in [1.165, 1.54) is 38.9 Å². The van der Waals surface area contributed by atoms with Crippen molar-refractivity contribution in [1.82, 2.24) is 0 Å². The van der Waals surface area contributed by atoms with Crippen LogP contribution in [0.15, 0.2) is 249 Å². The maximum absolute atomic E-state index is 7.00. The second-order valence-corrected chi connectivity index (χ2v) is 16.4. The van der Waals surface area contributed by atoms with Gasteiger partial charge < -0.3 is 9.64 Å². The van der Waals surface area contributed by atoms with Crippen LogP contribution >= 0.6 is 0 Å². The molecule has 12 rings (SSSR count). The summed E-state index contributed by atoms with van der Waals surface area (Å²) >= 11 is 0. The molecule has 0 saturated heterocycles. The van der Waals surface area contributed by atoms with Gasteiger partial charge in [-0.05, 0) is 110 Å². The molecule has 0 radical (unpaired) electrons. The Bertz CT molecular complexity index is 3270. The lowest BCUT2D eigenvalue weighted by molar-refractivity contribution is 0.436. The van der Waals surface area contributed by atoms with Gasteiger partial charge >= 0.3 is 0 Å². The van der Waals surface area contributed by atoms with E-state index in [1.54, 1.807) is 0 Å². The minimum atomic E-state index is -0.517. The SMILES string of the molecule is c1ccc(-c2cccc(N(c3ccccc3)c3ccc(-c4ccccc4)cc3-c3ccccc3-c3ccc4c(c3)Oc3ccccc3C43c4ccccc4-c4ccccc43)c2)cc1. The van der Waals surface area contributed by atoms with Crippen molar-refractivity contribution in [2.24, 2.45) is 0 Å². The Morgan fingerprint density at radius 1 is 0.270 bits per heavy atom. The number of nitrogens with zero attached hydrogens (tertiary/aromatic N) is 1. The number of fused-ring (bicyclic) bond motifs is 9. The predicted octanol–water partition coefficient (Wildman–Crippen LogP) is 16.3. The Kier molecular flexibility index (Phi) is 8.76. The molecule has 2 nitrogen and oxygen atoms in total. The molecule has 63 heavy (non-hydrogen) atoms. The van der Waals surface area contributed by atoms with E-state index in [9.17, 15) is 0 Å². The highest BCUT2D eigenvalue weighted by Crippen LogP contribution is 2.62. The van der Waals surface area contributed by atoms with Gasteiger partial charge in [0, 0.05) is 28.1 Å². The van der Waals surface area contributed by atoms with E-state index in [4.69, 9.17) is 4.74 Å². The third-order valence-electron chi connectivity index (χ3n) is 12.9. The van der Waals surface area contributed by atoms with Crippen LogP contribution in [-0.4, -0.2) is 0 Å². The molecule has 0 amide bonds. The quantitative estimate of drug-likeness (QED) is 0.159. The van der Waals surface area contributed by atoms with Crippen LogP contribution in [0.5, 0.6) is 11.5 Å². The van der Waals surface area contributed by atoms with E-state index in [0.29, 0.717) is 0 Å². The third kappa shape index (κ3) is 5.95. The molecule has 0 bridgehead atoms. The Morgan fingerprint density at radius 3 is 1.44 bits per heavy atom. The molecule has 1 aliphatic heterocycles. The topological polar surface area (TPSA) is 12.5 Å². The van der Waals surface area contributed by atoms with Crippen molar-refractivity contribution in [3.05, 3.63) is 271 Å². The molecule has 0 saturated carbocycles. The fourth-order valence-electron chi connectivity index (χ4n) is 10.2. The number of rotatable bonds is 7. The van der Waals surface area contributed by atoms with Gasteiger partial charge in [-0.15, -0.1) is 0 Å². The van der Waals surface area contributed by atoms with E-state index < -0.39 is 5.41 Å². The molecular formula is C61H41NO. The van der Waals surface area contributed by atoms with Crippen LogP contribution in [0.3, 0.4) is 0 Å². The molecule has 2 heteroatoms. The summed E-state index contributed by atoms with van der Waals surface area (Å²) in [5, 5.41) is 0. The zero-order valence-electron chi connectivity index (χ0n) is 34.5. The molecule has 296 valence electrons. The monoisotopic (exact) mass is 803 g/mol. The maximum atomic E-state index is 7.00. The van der Waals surface area contributed by atoms with Crippen LogP contribution in [0.4, 0.5) is 17.1 Å². The standard InChI is InChI=1S/C61H41NO/c1-4-19-42(20-5-1)44-23-18-26-48(39-44)62(47-24-8-3-9-25-47)58-38-36-45(43-21-6-2-7-22-43)40-53(58)50-28-11-10-27-49(50)46-35-37-57-60(41-46)63-59-34-17-16-33-56(59)61(57)54-31-14-12-29-51(54)52-30-13-15-32-55(52)61/h1-41H. The molecule has 0 unspecified atom stereocenters. The average molecular weight is 804 g/mol. The Hall–Kier alpha value is -8.20. The first-order valence-corrected chi connectivity index (χ1v) is 21.7. The molecule has 0 aromatic heterocycles. The van der Waals surface area contributed by atoms with Gasteiger partial charge in [-0.2, -0.15) is 0 Å². The predicted molar refractivity (Wildman–Crippen MR) is 260 cm³/mol. The van der Waals surface area contributed by atoms with Crippen LogP contribution in [0.1, 0.15) is 22.3 Å². The molecule has 0 N–H and O–H groups in total. The van der Waals surface area contributed by atoms with Crippen molar-refractivity contribution in [3.8, 4) is 67.1 Å². The normalized spacial score (nSPS) is 12.7. The molecule has 1 aliphatic carbocycles. The van der Waals surface area contributed by atoms with Crippen LogP contribution in [-0.2, 0) is 5.41 Å². The van der Waals surface area contributed by atoms with Crippen molar-refractivity contribution in [2.45, 2.75) is 5.41 Å². The molecule has 10 aromatic rings. The van der Waals surface area contributed by atoms with Gasteiger partial charge in [0.25, 0.3) is 0 Å². The van der Waals surface area contributed by atoms with Crippen molar-refractivity contribution in [1.29, 1.82) is 0 Å². The summed E-state index contributed by atoms with van der Waals surface area (Å²) in [5.41, 5.74) is 19.3. The lowest BCUT2D eigenvalue weighted by atomic mass is 9.66. The highest BCUT2D eigenvalue weighted by atomic mass is 16.5.